The van der Waals surface area contributed by atoms with E-state index in [1.165, 1.54) is 28.0 Å². The highest BCUT2D eigenvalue weighted by Crippen LogP contribution is 2.47. The molecule has 0 aliphatic carbocycles. The Kier molecular flexibility index (Phi) is 5.29. The monoisotopic (exact) mass is 399 g/mol. The van der Waals surface area contributed by atoms with Gasteiger partial charge in [-0.15, -0.1) is 0 Å². The minimum atomic E-state index is -0.208. The molecule has 30 heavy (non-hydrogen) atoms. The minimum Gasteiger partial charge on any atom is -0.495 e. The smallest absolute Gasteiger partial charge is 0.142 e. The van der Waals surface area contributed by atoms with Gasteiger partial charge in [0.2, 0.25) is 0 Å². The number of aryl methyl sites for hydroxylation is 1. The molecule has 0 unspecified atom stereocenters. The van der Waals surface area contributed by atoms with Gasteiger partial charge in [0.1, 0.15) is 18.1 Å². The Morgan fingerprint density at radius 3 is 2.37 bits per heavy atom. The Labute approximate surface area is 179 Å². The van der Waals surface area contributed by atoms with E-state index in [-0.39, 0.29) is 5.54 Å². The lowest BCUT2D eigenvalue weighted by atomic mass is 9.88. The SMILES string of the molecule is COc1ccc(OCc2ccccc2C)cc1N1c2ccccc2C(C)=CC1(C)C. The first kappa shape index (κ1) is 20.1. The standard InChI is InChI=1S/C27H29NO2/c1-19-10-6-7-11-21(19)18-30-22-14-15-26(29-5)25(16-22)28-24-13-9-8-12-23(24)20(2)17-27(28,3)4/h6-17H,18H2,1-5H3. The molecule has 3 nitrogen and oxygen atoms in total. The van der Waals surface area contributed by atoms with Crippen LogP contribution in [0.1, 0.15) is 37.5 Å². The number of fused-ring (bicyclic) bond motifs is 1. The quantitative estimate of drug-likeness (QED) is 0.465. The summed E-state index contributed by atoms with van der Waals surface area (Å²) < 4.78 is 11.9. The average Bonchev–Trinajstić information content (AvgIpc) is 2.73. The summed E-state index contributed by atoms with van der Waals surface area (Å²) in [4.78, 5) is 2.34. The van der Waals surface area contributed by atoms with E-state index in [0.29, 0.717) is 6.61 Å². The Bertz CT molecular complexity index is 1100. The number of rotatable bonds is 5. The number of anilines is 2. The number of hydrogen-bond acceptors (Lipinski definition) is 3. The second kappa shape index (κ2) is 7.91. The third-order valence-electron chi connectivity index (χ3n) is 5.76. The summed E-state index contributed by atoms with van der Waals surface area (Å²) in [6, 6.07) is 22.9. The van der Waals surface area contributed by atoms with Gasteiger partial charge >= 0.3 is 0 Å². The molecule has 3 heteroatoms. The molecule has 1 aliphatic rings. The summed E-state index contributed by atoms with van der Waals surface area (Å²) in [7, 11) is 1.72. The molecule has 0 N–H and O–H groups in total. The molecule has 4 rings (SSSR count). The number of ether oxygens (including phenoxy) is 2. The third kappa shape index (κ3) is 3.68. The average molecular weight is 400 g/mol. The molecule has 1 aliphatic heterocycles. The van der Waals surface area contributed by atoms with Gasteiger partial charge in [0.15, 0.2) is 0 Å². The van der Waals surface area contributed by atoms with Crippen molar-refractivity contribution in [2.24, 2.45) is 0 Å². The molecule has 0 amide bonds. The first-order valence-electron chi connectivity index (χ1n) is 10.3. The van der Waals surface area contributed by atoms with Crippen LogP contribution < -0.4 is 14.4 Å². The van der Waals surface area contributed by atoms with Gasteiger partial charge in [0.05, 0.1) is 18.3 Å². The Hall–Kier alpha value is -3.20. The van der Waals surface area contributed by atoms with Crippen LogP contribution in [0.2, 0.25) is 0 Å². The molecule has 1 heterocycles. The van der Waals surface area contributed by atoms with E-state index >= 15 is 0 Å². The summed E-state index contributed by atoms with van der Waals surface area (Å²) in [5.41, 5.74) is 6.93. The van der Waals surface area contributed by atoms with Crippen LogP contribution in [0.4, 0.5) is 11.4 Å². The molecule has 3 aromatic carbocycles. The van der Waals surface area contributed by atoms with Crippen molar-refractivity contribution in [1.82, 2.24) is 0 Å². The van der Waals surface area contributed by atoms with Gasteiger partial charge in [0.25, 0.3) is 0 Å². The lowest BCUT2D eigenvalue weighted by Crippen LogP contribution is -2.41. The van der Waals surface area contributed by atoms with Gasteiger partial charge in [-0.3, -0.25) is 0 Å². The number of benzene rings is 3. The van der Waals surface area contributed by atoms with E-state index in [2.05, 4.69) is 87.2 Å². The summed E-state index contributed by atoms with van der Waals surface area (Å²) >= 11 is 0. The van der Waals surface area contributed by atoms with Gasteiger partial charge in [-0.05, 0) is 62.6 Å². The van der Waals surface area contributed by atoms with E-state index in [1.54, 1.807) is 7.11 Å². The van der Waals surface area contributed by atoms with Crippen LogP contribution >= 0.6 is 0 Å². The van der Waals surface area contributed by atoms with Crippen molar-refractivity contribution < 1.29 is 9.47 Å². The molecule has 0 atom stereocenters. The first-order chi connectivity index (χ1) is 14.4. The molecule has 0 saturated carbocycles. The van der Waals surface area contributed by atoms with Crippen LogP contribution in [0.3, 0.4) is 0 Å². The molecule has 3 aromatic rings. The van der Waals surface area contributed by atoms with Crippen molar-refractivity contribution in [2.75, 3.05) is 12.0 Å². The summed E-state index contributed by atoms with van der Waals surface area (Å²) in [6.07, 6.45) is 2.32. The van der Waals surface area contributed by atoms with E-state index in [9.17, 15) is 0 Å². The predicted molar refractivity (Wildman–Crippen MR) is 125 cm³/mol. The minimum absolute atomic E-state index is 0.208. The maximum absolute atomic E-state index is 6.18. The number of hydrogen-bond donors (Lipinski definition) is 0. The van der Waals surface area contributed by atoms with Crippen LogP contribution in [0.5, 0.6) is 11.5 Å². The second-order valence-electron chi connectivity index (χ2n) is 8.38. The molecule has 0 radical (unpaired) electrons. The van der Waals surface area contributed by atoms with E-state index in [0.717, 1.165) is 17.2 Å². The highest BCUT2D eigenvalue weighted by Gasteiger charge is 2.34. The molecule has 0 bridgehead atoms. The van der Waals surface area contributed by atoms with E-state index in [4.69, 9.17) is 9.47 Å². The van der Waals surface area contributed by atoms with E-state index < -0.39 is 0 Å². The van der Waals surface area contributed by atoms with Gasteiger partial charge in [0, 0.05) is 17.3 Å². The number of allylic oxidation sites excluding steroid dienone is 1. The van der Waals surface area contributed by atoms with Gasteiger partial charge in [-0.1, -0.05) is 48.5 Å². The topological polar surface area (TPSA) is 21.7 Å². The third-order valence-corrected chi connectivity index (χ3v) is 5.76. The number of nitrogens with zero attached hydrogens (tertiary/aromatic N) is 1. The highest BCUT2D eigenvalue weighted by atomic mass is 16.5. The molecule has 0 saturated heterocycles. The van der Waals surface area contributed by atoms with Crippen molar-refractivity contribution in [2.45, 2.75) is 39.8 Å². The zero-order valence-corrected chi connectivity index (χ0v) is 18.4. The zero-order chi connectivity index (χ0) is 21.3. The van der Waals surface area contributed by atoms with Crippen molar-refractivity contribution in [1.29, 1.82) is 0 Å². The Morgan fingerprint density at radius 2 is 1.60 bits per heavy atom. The molecule has 0 fully saturated rings. The van der Waals surface area contributed by atoms with Crippen LogP contribution in [0, 0.1) is 6.92 Å². The molecule has 0 spiro atoms. The Morgan fingerprint density at radius 1 is 0.867 bits per heavy atom. The van der Waals surface area contributed by atoms with Crippen molar-refractivity contribution in [3.05, 3.63) is 89.5 Å². The first-order valence-corrected chi connectivity index (χ1v) is 10.3. The van der Waals surface area contributed by atoms with Gasteiger partial charge in [-0.2, -0.15) is 0 Å². The fraction of sp³-hybridized carbons (Fsp3) is 0.259. The predicted octanol–water partition coefficient (Wildman–Crippen LogP) is 6.92. The van der Waals surface area contributed by atoms with Crippen LogP contribution in [0.15, 0.2) is 72.8 Å². The van der Waals surface area contributed by atoms with E-state index in [1.807, 2.05) is 18.2 Å². The fourth-order valence-electron chi connectivity index (χ4n) is 4.29. The lowest BCUT2D eigenvalue weighted by molar-refractivity contribution is 0.304. The molecular weight excluding hydrogens is 370 g/mol. The fourth-order valence-corrected chi connectivity index (χ4v) is 4.29. The number of para-hydroxylation sites is 1. The second-order valence-corrected chi connectivity index (χ2v) is 8.38. The summed E-state index contributed by atoms with van der Waals surface area (Å²) in [5.74, 6) is 1.66. The Balaban J connectivity index is 1.74. The molecule has 154 valence electrons. The maximum atomic E-state index is 6.18. The van der Waals surface area contributed by atoms with Gasteiger partial charge in [-0.25, -0.2) is 0 Å². The van der Waals surface area contributed by atoms with Crippen LogP contribution in [0.25, 0.3) is 5.57 Å². The normalized spacial score (nSPS) is 14.7. The maximum Gasteiger partial charge on any atom is 0.142 e. The van der Waals surface area contributed by atoms with Crippen molar-refractivity contribution >= 4 is 16.9 Å². The largest absolute Gasteiger partial charge is 0.495 e. The lowest BCUT2D eigenvalue weighted by Gasteiger charge is -2.43. The highest BCUT2D eigenvalue weighted by molar-refractivity contribution is 5.87. The van der Waals surface area contributed by atoms with Crippen LogP contribution in [-0.2, 0) is 6.61 Å². The molecule has 0 aromatic heterocycles. The van der Waals surface area contributed by atoms with Crippen molar-refractivity contribution in [3.8, 4) is 11.5 Å². The summed E-state index contributed by atoms with van der Waals surface area (Å²) in [5, 5.41) is 0. The number of methoxy groups -OCH3 is 1. The summed E-state index contributed by atoms with van der Waals surface area (Å²) in [6.45, 7) is 9.29. The van der Waals surface area contributed by atoms with Crippen LogP contribution in [-0.4, -0.2) is 12.6 Å². The van der Waals surface area contributed by atoms with Crippen molar-refractivity contribution in [3.63, 3.8) is 0 Å². The van der Waals surface area contributed by atoms with Gasteiger partial charge < -0.3 is 14.4 Å². The molecular formula is C27H29NO2. The zero-order valence-electron chi connectivity index (χ0n) is 18.4.